The minimum atomic E-state index is -3.37. The maximum absolute atomic E-state index is 13.0. The van der Waals surface area contributed by atoms with E-state index in [-0.39, 0.29) is 29.6 Å². The predicted molar refractivity (Wildman–Crippen MR) is 143 cm³/mol. The van der Waals surface area contributed by atoms with Crippen LogP contribution in [0.1, 0.15) is 48.0 Å². The van der Waals surface area contributed by atoms with Crippen molar-refractivity contribution in [2.45, 2.75) is 43.4 Å². The van der Waals surface area contributed by atoms with Crippen LogP contribution in [-0.2, 0) is 15.8 Å². The highest BCUT2D eigenvalue weighted by Crippen LogP contribution is 2.35. The lowest BCUT2D eigenvalue weighted by Gasteiger charge is -2.49. The summed E-state index contributed by atoms with van der Waals surface area (Å²) in [6, 6.07) is 14.4. The molecule has 2 aromatic rings. The third kappa shape index (κ3) is 6.49. The van der Waals surface area contributed by atoms with E-state index in [0.29, 0.717) is 49.0 Å². The maximum atomic E-state index is 13.0. The molecule has 3 N–H and O–H groups in total. The summed E-state index contributed by atoms with van der Waals surface area (Å²) in [5.74, 6) is -0.244. The number of hydrogen-bond donors (Lipinski definition) is 2. The molecule has 35 heavy (non-hydrogen) atoms. The quantitative estimate of drug-likeness (QED) is 0.518. The number of nitrogens with zero attached hydrogens (tertiary/aromatic N) is 2. The highest BCUT2D eigenvalue weighted by atomic mass is 35.5. The van der Waals surface area contributed by atoms with E-state index in [4.69, 9.17) is 17.3 Å². The van der Waals surface area contributed by atoms with Crippen molar-refractivity contribution in [3.05, 3.63) is 64.7 Å². The fourth-order valence-corrected chi connectivity index (χ4v) is 7.03. The molecule has 7 nitrogen and oxygen atoms in total. The molecule has 0 radical (unpaired) electrons. The number of hydrogen-bond acceptors (Lipinski definition) is 5. The molecule has 0 spiro atoms. The summed E-state index contributed by atoms with van der Waals surface area (Å²) < 4.78 is 27.6. The Hall–Kier alpha value is -1.84. The highest BCUT2D eigenvalue weighted by Gasteiger charge is 2.41. The summed E-state index contributed by atoms with van der Waals surface area (Å²) in [6.45, 7) is 2.72. The van der Waals surface area contributed by atoms with Crippen LogP contribution in [-0.4, -0.2) is 61.8 Å². The Balaban J connectivity index is 0.00000342. The third-order valence-corrected chi connectivity index (χ3v) is 9.29. The summed E-state index contributed by atoms with van der Waals surface area (Å²) in [5, 5.41) is 3.43. The number of rotatable bonds is 7. The molecule has 0 unspecified atom stereocenters. The molecule has 0 atom stereocenters. The van der Waals surface area contributed by atoms with Crippen LogP contribution in [0.25, 0.3) is 0 Å². The highest BCUT2D eigenvalue weighted by molar-refractivity contribution is 7.88. The Morgan fingerprint density at radius 3 is 2.26 bits per heavy atom. The number of anilines is 1. The Kier molecular flexibility index (Phi) is 9.46. The normalized spacial score (nSPS) is 19.0. The Labute approximate surface area is 219 Å². The zero-order valence-electron chi connectivity index (χ0n) is 19.8. The zero-order valence-corrected chi connectivity index (χ0v) is 22.2. The molecule has 10 heteroatoms. The number of piperazine rings is 1. The van der Waals surface area contributed by atoms with Crippen LogP contribution >= 0.6 is 24.0 Å². The second-order valence-electron chi connectivity index (χ2n) is 9.30. The molecular formula is C25H34Cl2N4O3S. The van der Waals surface area contributed by atoms with Crippen molar-refractivity contribution in [3.63, 3.8) is 0 Å². The van der Waals surface area contributed by atoms with Gasteiger partial charge in [-0.1, -0.05) is 67.3 Å². The molecule has 0 bridgehead atoms. The van der Waals surface area contributed by atoms with Crippen LogP contribution in [0.15, 0.2) is 48.5 Å². The van der Waals surface area contributed by atoms with Gasteiger partial charge in [-0.15, -0.1) is 12.4 Å². The van der Waals surface area contributed by atoms with Crippen molar-refractivity contribution in [1.29, 1.82) is 0 Å². The van der Waals surface area contributed by atoms with Crippen LogP contribution in [0.2, 0.25) is 5.02 Å². The van der Waals surface area contributed by atoms with Gasteiger partial charge < -0.3 is 11.1 Å². The van der Waals surface area contributed by atoms with Crippen LogP contribution in [0, 0.1) is 0 Å². The van der Waals surface area contributed by atoms with Gasteiger partial charge in [-0.2, -0.15) is 4.31 Å². The first-order chi connectivity index (χ1) is 16.3. The van der Waals surface area contributed by atoms with Gasteiger partial charge in [-0.3, -0.25) is 9.69 Å². The molecule has 0 aromatic heterocycles. The molecule has 1 amide bonds. The van der Waals surface area contributed by atoms with Crippen LogP contribution in [0.5, 0.6) is 0 Å². The number of carbonyl (C=O) groups excluding carboxylic acids is 1. The van der Waals surface area contributed by atoms with Gasteiger partial charge in [0.25, 0.3) is 5.91 Å². The monoisotopic (exact) mass is 540 g/mol. The first kappa shape index (κ1) is 27.7. The van der Waals surface area contributed by atoms with Gasteiger partial charge in [0, 0.05) is 44.0 Å². The van der Waals surface area contributed by atoms with Gasteiger partial charge in [-0.05, 0) is 30.5 Å². The summed E-state index contributed by atoms with van der Waals surface area (Å²) in [6.07, 6.45) is 5.32. The minimum Gasteiger partial charge on any atom is -0.398 e. The number of amides is 1. The van der Waals surface area contributed by atoms with E-state index in [2.05, 4.69) is 10.2 Å². The topological polar surface area (TPSA) is 95.7 Å². The van der Waals surface area contributed by atoms with E-state index in [0.717, 1.165) is 31.2 Å². The largest absolute Gasteiger partial charge is 0.398 e. The molecule has 1 heterocycles. The van der Waals surface area contributed by atoms with Gasteiger partial charge in [0.2, 0.25) is 10.0 Å². The standard InChI is InChI=1S/C25H33ClN4O3S.ClH/c26-21-10-7-11-22(27)23(21)24(31)28-19-25(12-5-2-6-13-25)29-14-16-30(17-15-29)34(32,33)18-20-8-3-1-4-9-20;/h1,3-4,7-11H,2,5-6,12-19,27H2,(H,28,31);1H. The molecule has 1 aliphatic carbocycles. The number of halogens is 2. The number of nitrogens with one attached hydrogen (secondary N) is 1. The van der Waals surface area contributed by atoms with E-state index in [1.54, 1.807) is 22.5 Å². The van der Waals surface area contributed by atoms with Crippen molar-refractivity contribution in [2.75, 3.05) is 38.5 Å². The summed E-state index contributed by atoms with van der Waals surface area (Å²) in [7, 11) is -3.37. The molecule has 1 saturated heterocycles. The van der Waals surface area contributed by atoms with Gasteiger partial charge in [0.1, 0.15) is 0 Å². The van der Waals surface area contributed by atoms with Gasteiger partial charge in [-0.25, -0.2) is 8.42 Å². The average molecular weight is 542 g/mol. The average Bonchev–Trinajstić information content (AvgIpc) is 2.84. The zero-order chi connectivity index (χ0) is 24.2. The van der Waals surface area contributed by atoms with Crippen molar-refractivity contribution < 1.29 is 13.2 Å². The van der Waals surface area contributed by atoms with Crippen molar-refractivity contribution in [1.82, 2.24) is 14.5 Å². The number of benzene rings is 2. The van der Waals surface area contributed by atoms with Crippen LogP contribution < -0.4 is 11.1 Å². The van der Waals surface area contributed by atoms with E-state index < -0.39 is 10.0 Å². The number of sulfonamides is 1. The predicted octanol–water partition coefficient (Wildman–Crippen LogP) is 3.92. The Morgan fingerprint density at radius 1 is 0.971 bits per heavy atom. The third-order valence-electron chi connectivity index (χ3n) is 7.13. The van der Waals surface area contributed by atoms with Gasteiger partial charge in [0.05, 0.1) is 16.3 Å². The molecular weight excluding hydrogens is 507 g/mol. The van der Waals surface area contributed by atoms with Crippen molar-refractivity contribution in [2.24, 2.45) is 0 Å². The molecule has 2 fully saturated rings. The summed E-state index contributed by atoms with van der Waals surface area (Å²) in [5.41, 5.74) is 7.29. The SMILES string of the molecule is Cl.Nc1cccc(Cl)c1C(=O)NCC1(N2CCN(S(=O)(=O)Cc3ccccc3)CC2)CCCCC1. The Bertz CT molecular complexity index is 1080. The Morgan fingerprint density at radius 2 is 1.63 bits per heavy atom. The summed E-state index contributed by atoms with van der Waals surface area (Å²) >= 11 is 6.23. The first-order valence-electron chi connectivity index (χ1n) is 11.9. The van der Waals surface area contributed by atoms with Crippen molar-refractivity contribution >= 4 is 45.6 Å². The van der Waals surface area contributed by atoms with E-state index in [1.165, 1.54) is 6.42 Å². The number of nitrogen functional groups attached to an aromatic ring is 1. The molecule has 1 saturated carbocycles. The fourth-order valence-electron chi connectivity index (χ4n) is 5.25. The van der Waals surface area contributed by atoms with Crippen LogP contribution in [0.3, 0.4) is 0 Å². The van der Waals surface area contributed by atoms with Crippen molar-refractivity contribution in [3.8, 4) is 0 Å². The van der Waals surface area contributed by atoms with E-state index in [1.807, 2.05) is 30.3 Å². The number of carbonyl (C=O) groups is 1. The molecule has 2 aliphatic rings. The minimum absolute atomic E-state index is 0. The van der Waals surface area contributed by atoms with Gasteiger partial charge >= 0.3 is 0 Å². The molecule has 4 rings (SSSR count). The second-order valence-corrected chi connectivity index (χ2v) is 11.7. The van der Waals surface area contributed by atoms with E-state index >= 15 is 0 Å². The van der Waals surface area contributed by atoms with E-state index in [9.17, 15) is 13.2 Å². The second kappa shape index (κ2) is 11.9. The fraction of sp³-hybridized carbons (Fsp3) is 0.480. The first-order valence-corrected chi connectivity index (χ1v) is 13.9. The lowest BCUT2D eigenvalue weighted by molar-refractivity contribution is 0.0240. The maximum Gasteiger partial charge on any atom is 0.254 e. The lowest BCUT2D eigenvalue weighted by Crippen LogP contribution is -2.62. The van der Waals surface area contributed by atoms with Gasteiger partial charge in [0.15, 0.2) is 0 Å². The van der Waals surface area contributed by atoms with Crippen LogP contribution in [0.4, 0.5) is 5.69 Å². The molecule has 2 aromatic carbocycles. The lowest BCUT2D eigenvalue weighted by atomic mass is 9.79. The number of nitrogens with two attached hydrogens (primary N) is 1. The molecule has 192 valence electrons. The molecule has 1 aliphatic heterocycles. The smallest absolute Gasteiger partial charge is 0.254 e. The summed E-state index contributed by atoms with van der Waals surface area (Å²) in [4.78, 5) is 15.3.